The van der Waals surface area contributed by atoms with Crippen molar-refractivity contribution < 1.29 is 19.0 Å². The van der Waals surface area contributed by atoms with Gasteiger partial charge in [-0.3, -0.25) is 4.98 Å². The number of hydrogen-bond donors (Lipinski definition) is 1. The number of hydrogen-bond acceptors (Lipinski definition) is 4. The van der Waals surface area contributed by atoms with Crippen molar-refractivity contribution in [1.29, 1.82) is 0 Å². The normalized spacial score (nSPS) is 10.7. The van der Waals surface area contributed by atoms with Gasteiger partial charge in [-0.05, 0) is 30.5 Å². The molecule has 0 aliphatic rings. The van der Waals surface area contributed by atoms with Crippen molar-refractivity contribution in [3.63, 3.8) is 0 Å². The average molecular weight is 317 g/mol. The lowest BCUT2D eigenvalue weighted by Gasteiger charge is -2.19. The minimum Gasteiger partial charge on any atom is -0.465 e. The molecule has 0 spiro atoms. The molecule has 0 amide bonds. The first kappa shape index (κ1) is 17.1. The average Bonchev–Trinajstić information content (AvgIpc) is 2.59. The molecule has 0 radical (unpaired) electrons. The topological polar surface area (TPSA) is 59.4 Å². The molecule has 4 nitrogen and oxygen atoms in total. The van der Waals surface area contributed by atoms with Crippen LogP contribution in [-0.4, -0.2) is 23.2 Å². The summed E-state index contributed by atoms with van der Waals surface area (Å²) < 4.78 is 18.2. The molecular weight excluding hydrogens is 297 g/mol. The Hall–Kier alpha value is -2.27. The highest BCUT2D eigenvalue weighted by molar-refractivity contribution is 5.99. The van der Waals surface area contributed by atoms with Gasteiger partial charge in [-0.15, -0.1) is 0 Å². The second kappa shape index (κ2) is 7.33. The summed E-state index contributed by atoms with van der Waals surface area (Å²) >= 11 is 0. The zero-order chi connectivity index (χ0) is 17.0. The number of nitrogens with zero attached hydrogens (tertiary/aromatic N) is 1. The first-order valence-corrected chi connectivity index (χ1v) is 7.57. The summed E-state index contributed by atoms with van der Waals surface area (Å²) in [6.45, 7) is 3.59. The Morgan fingerprint density at radius 3 is 2.26 bits per heavy atom. The Balaban J connectivity index is 2.87. The molecule has 1 aromatic heterocycles. The fourth-order valence-electron chi connectivity index (χ4n) is 2.70. The number of pyridine rings is 1. The van der Waals surface area contributed by atoms with Crippen molar-refractivity contribution in [2.45, 2.75) is 33.3 Å². The first-order valence-electron chi connectivity index (χ1n) is 7.57. The molecule has 1 aromatic carbocycles. The fourth-order valence-corrected chi connectivity index (χ4v) is 2.70. The van der Waals surface area contributed by atoms with E-state index in [-0.39, 0.29) is 12.4 Å². The summed E-state index contributed by atoms with van der Waals surface area (Å²) in [7, 11) is 1.31. The lowest BCUT2D eigenvalue weighted by Crippen LogP contribution is -2.14. The van der Waals surface area contributed by atoms with Crippen LogP contribution in [0.3, 0.4) is 0 Å². The summed E-state index contributed by atoms with van der Waals surface area (Å²) in [5.41, 5.74) is 3.49. The van der Waals surface area contributed by atoms with Crippen LogP contribution in [0.25, 0.3) is 11.1 Å². The highest BCUT2D eigenvalue weighted by atomic mass is 19.1. The van der Waals surface area contributed by atoms with Gasteiger partial charge >= 0.3 is 5.97 Å². The van der Waals surface area contributed by atoms with Gasteiger partial charge < -0.3 is 9.84 Å². The second-order valence-electron chi connectivity index (χ2n) is 5.10. The minimum atomic E-state index is -0.508. The van der Waals surface area contributed by atoms with Gasteiger partial charge in [0, 0.05) is 16.8 Å². The summed E-state index contributed by atoms with van der Waals surface area (Å²) in [5.74, 6) is -0.870. The van der Waals surface area contributed by atoms with E-state index in [0.29, 0.717) is 40.8 Å². The quantitative estimate of drug-likeness (QED) is 0.860. The molecule has 23 heavy (non-hydrogen) atoms. The number of ether oxygens (including phenoxy) is 1. The first-order chi connectivity index (χ1) is 11.1. The van der Waals surface area contributed by atoms with Gasteiger partial charge in [-0.25, -0.2) is 9.18 Å². The van der Waals surface area contributed by atoms with E-state index in [4.69, 9.17) is 4.74 Å². The maximum absolute atomic E-state index is 13.2. The summed E-state index contributed by atoms with van der Waals surface area (Å²) in [5, 5.41) is 9.82. The van der Waals surface area contributed by atoms with E-state index in [1.54, 1.807) is 12.1 Å². The Morgan fingerprint density at radius 1 is 1.17 bits per heavy atom. The predicted molar refractivity (Wildman–Crippen MR) is 85.6 cm³/mol. The number of aliphatic hydroxyl groups excluding tert-OH is 1. The number of esters is 1. The van der Waals surface area contributed by atoms with Gasteiger partial charge in [-0.2, -0.15) is 0 Å². The summed E-state index contributed by atoms with van der Waals surface area (Å²) in [6.07, 6.45) is 1.18. The highest BCUT2D eigenvalue weighted by Crippen LogP contribution is 2.33. The van der Waals surface area contributed by atoms with E-state index < -0.39 is 5.97 Å². The number of methoxy groups -OCH3 is 1. The number of rotatable bonds is 5. The number of aliphatic hydroxyl groups is 1. The van der Waals surface area contributed by atoms with Crippen LogP contribution < -0.4 is 0 Å². The van der Waals surface area contributed by atoms with Crippen LogP contribution in [0.15, 0.2) is 24.3 Å². The van der Waals surface area contributed by atoms with Crippen LogP contribution in [0.5, 0.6) is 0 Å². The van der Waals surface area contributed by atoms with E-state index in [1.807, 2.05) is 13.8 Å². The molecule has 0 bridgehead atoms. The Labute approximate surface area is 134 Å². The molecule has 2 rings (SSSR count). The number of benzene rings is 1. The Morgan fingerprint density at radius 2 is 1.78 bits per heavy atom. The van der Waals surface area contributed by atoms with E-state index >= 15 is 0 Å². The van der Waals surface area contributed by atoms with Gasteiger partial charge in [0.2, 0.25) is 0 Å². The van der Waals surface area contributed by atoms with Gasteiger partial charge in [0.05, 0.1) is 25.0 Å². The van der Waals surface area contributed by atoms with Crippen molar-refractivity contribution in [3.8, 4) is 11.1 Å². The smallest absolute Gasteiger partial charge is 0.340 e. The second-order valence-corrected chi connectivity index (χ2v) is 5.10. The van der Waals surface area contributed by atoms with Gasteiger partial charge in [0.15, 0.2) is 0 Å². The molecule has 0 atom stereocenters. The van der Waals surface area contributed by atoms with Crippen LogP contribution in [-0.2, 0) is 24.2 Å². The van der Waals surface area contributed by atoms with Gasteiger partial charge in [0.1, 0.15) is 5.82 Å². The lowest BCUT2D eigenvalue weighted by molar-refractivity contribution is 0.0599. The third-order valence-corrected chi connectivity index (χ3v) is 3.81. The molecule has 1 N–H and O–H groups in total. The summed E-state index contributed by atoms with van der Waals surface area (Å²) in [6, 6.07) is 5.84. The third-order valence-electron chi connectivity index (χ3n) is 3.81. The van der Waals surface area contributed by atoms with Crippen LogP contribution in [0.2, 0.25) is 0 Å². The molecule has 0 aliphatic heterocycles. The van der Waals surface area contributed by atoms with Crippen LogP contribution in [0.1, 0.15) is 41.2 Å². The SMILES string of the molecule is CCc1nc(CC)c(C(=O)OC)c(-c2ccc(F)cc2)c1CO. The molecule has 5 heteroatoms. The lowest BCUT2D eigenvalue weighted by atomic mass is 9.91. The van der Waals surface area contributed by atoms with Crippen molar-refractivity contribution in [1.82, 2.24) is 4.98 Å². The minimum absolute atomic E-state index is 0.253. The van der Waals surface area contributed by atoms with Crippen molar-refractivity contribution in [2.75, 3.05) is 7.11 Å². The van der Waals surface area contributed by atoms with Crippen molar-refractivity contribution in [3.05, 3.63) is 52.6 Å². The highest BCUT2D eigenvalue weighted by Gasteiger charge is 2.24. The van der Waals surface area contributed by atoms with Crippen LogP contribution in [0.4, 0.5) is 4.39 Å². The fraction of sp³-hybridized carbons (Fsp3) is 0.333. The monoisotopic (exact) mass is 317 g/mol. The molecule has 0 fully saturated rings. The molecule has 1 heterocycles. The summed E-state index contributed by atoms with van der Waals surface area (Å²) in [4.78, 5) is 16.8. The van der Waals surface area contributed by atoms with Gasteiger partial charge in [0.25, 0.3) is 0 Å². The maximum atomic E-state index is 13.2. The number of aromatic nitrogens is 1. The van der Waals surface area contributed by atoms with E-state index in [2.05, 4.69) is 4.98 Å². The zero-order valence-electron chi connectivity index (χ0n) is 13.5. The van der Waals surface area contributed by atoms with E-state index in [0.717, 1.165) is 5.69 Å². The molecular formula is C18H20FNO3. The van der Waals surface area contributed by atoms with Gasteiger partial charge in [-0.1, -0.05) is 26.0 Å². The van der Waals surface area contributed by atoms with E-state index in [9.17, 15) is 14.3 Å². The third kappa shape index (κ3) is 3.24. The largest absolute Gasteiger partial charge is 0.465 e. The number of aryl methyl sites for hydroxylation is 2. The molecule has 0 saturated heterocycles. The Bertz CT molecular complexity index is 711. The molecule has 0 aliphatic carbocycles. The Kier molecular flexibility index (Phi) is 5.45. The molecule has 0 saturated carbocycles. The molecule has 0 unspecified atom stereocenters. The van der Waals surface area contributed by atoms with Crippen LogP contribution >= 0.6 is 0 Å². The predicted octanol–water partition coefficient (Wildman–Crippen LogP) is 3.29. The van der Waals surface area contributed by atoms with E-state index in [1.165, 1.54) is 19.2 Å². The molecule has 122 valence electrons. The van der Waals surface area contributed by atoms with Crippen LogP contribution in [0, 0.1) is 5.82 Å². The van der Waals surface area contributed by atoms with Crippen molar-refractivity contribution >= 4 is 5.97 Å². The molecule has 2 aromatic rings. The number of carbonyl (C=O) groups is 1. The standard InChI is InChI=1S/C18H20FNO3/c1-4-14-13(10-21)16(11-6-8-12(19)9-7-11)17(18(22)23-3)15(5-2)20-14/h6-9,21H,4-5,10H2,1-3H3. The maximum Gasteiger partial charge on any atom is 0.340 e. The zero-order valence-corrected chi connectivity index (χ0v) is 13.5. The number of carbonyl (C=O) groups excluding carboxylic acids is 1. The number of halogens is 1. The van der Waals surface area contributed by atoms with Crippen molar-refractivity contribution in [2.24, 2.45) is 0 Å².